The minimum atomic E-state index is -0.807. The molecule has 4 amide bonds. The molecular weight excluding hydrogens is 542 g/mol. The van der Waals surface area contributed by atoms with Gasteiger partial charge in [0, 0.05) is 37.3 Å². The summed E-state index contributed by atoms with van der Waals surface area (Å²) in [7, 11) is 1.81. The smallest absolute Gasteiger partial charge is 0.270 e. The molecule has 0 saturated heterocycles. The lowest BCUT2D eigenvalue weighted by Crippen LogP contribution is -2.54. The van der Waals surface area contributed by atoms with Crippen molar-refractivity contribution in [3.05, 3.63) is 69.9 Å². The van der Waals surface area contributed by atoms with Crippen molar-refractivity contribution in [2.24, 2.45) is 7.05 Å². The van der Waals surface area contributed by atoms with Crippen molar-refractivity contribution in [3.8, 4) is 0 Å². The fourth-order valence-electron chi connectivity index (χ4n) is 4.69. The van der Waals surface area contributed by atoms with Gasteiger partial charge in [0.15, 0.2) is 0 Å². The van der Waals surface area contributed by atoms with Gasteiger partial charge >= 0.3 is 0 Å². The van der Waals surface area contributed by atoms with E-state index >= 15 is 0 Å². The largest absolute Gasteiger partial charge is 0.351 e. The highest BCUT2D eigenvalue weighted by Gasteiger charge is 2.29. The molecule has 0 spiro atoms. The number of carbonyl (C=O) groups is 4. The van der Waals surface area contributed by atoms with E-state index in [2.05, 4.69) is 31.3 Å². The van der Waals surface area contributed by atoms with E-state index < -0.39 is 24.0 Å². The first kappa shape index (κ1) is 29.9. The number of fused-ring (bicyclic) bond motifs is 2. The Morgan fingerprint density at radius 2 is 1.85 bits per heavy atom. The number of aromatic nitrogens is 3. The number of nitrogens with zero attached hydrogens (tertiary/aromatic N) is 3. The average Bonchev–Trinajstić information content (AvgIpc) is 3.62. The van der Waals surface area contributed by atoms with Crippen LogP contribution in [0.5, 0.6) is 0 Å². The number of carbonyl (C=O) groups excluding carboxylic acids is 4. The van der Waals surface area contributed by atoms with E-state index in [0.29, 0.717) is 55.8 Å². The lowest BCUT2D eigenvalue weighted by atomic mass is 10.0. The van der Waals surface area contributed by atoms with Crippen LogP contribution in [0.4, 0.5) is 0 Å². The van der Waals surface area contributed by atoms with E-state index in [4.69, 9.17) is 0 Å². The van der Waals surface area contributed by atoms with E-state index in [1.54, 1.807) is 16.3 Å². The second-order valence-corrected chi connectivity index (χ2v) is 11.0. The maximum absolute atomic E-state index is 13.4. The van der Waals surface area contributed by atoms with Crippen molar-refractivity contribution in [2.75, 3.05) is 6.54 Å². The molecule has 4 N–H and O–H groups in total. The van der Waals surface area contributed by atoms with Gasteiger partial charge in [0.25, 0.3) is 5.91 Å². The zero-order chi connectivity index (χ0) is 29.2. The summed E-state index contributed by atoms with van der Waals surface area (Å²) in [5, 5.41) is 18.1. The summed E-state index contributed by atoms with van der Waals surface area (Å²) in [6.45, 7) is 2.23. The Balaban J connectivity index is 1.50. The molecule has 1 aromatic carbocycles. The van der Waals surface area contributed by atoms with Gasteiger partial charge in [-0.15, -0.1) is 11.3 Å². The number of hydrogen-bond donors (Lipinski definition) is 4. The Bertz CT molecular complexity index is 1340. The van der Waals surface area contributed by atoms with Crippen molar-refractivity contribution in [3.63, 3.8) is 0 Å². The number of rotatable bonds is 7. The maximum atomic E-state index is 13.4. The third-order valence-corrected chi connectivity index (χ3v) is 8.04. The zero-order valence-corrected chi connectivity index (χ0v) is 24.2. The molecule has 2 aromatic heterocycles. The third kappa shape index (κ3) is 8.46. The topological polar surface area (TPSA) is 147 Å². The molecule has 0 saturated carbocycles. The maximum Gasteiger partial charge on any atom is 0.270 e. The van der Waals surface area contributed by atoms with Crippen LogP contribution in [0.25, 0.3) is 0 Å². The zero-order valence-electron chi connectivity index (χ0n) is 23.4. The van der Waals surface area contributed by atoms with Gasteiger partial charge in [-0.05, 0) is 50.2 Å². The number of benzene rings is 1. The van der Waals surface area contributed by atoms with Gasteiger partial charge in [0.1, 0.15) is 22.8 Å². The van der Waals surface area contributed by atoms with Gasteiger partial charge in [0.2, 0.25) is 17.7 Å². The van der Waals surface area contributed by atoms with Gasteiger partial charge in [-0.1, -0.05) is 37.3 Å². The molecule has 1 aliphatic heterocycles. The van der Waals surface area contributed by atoms with Crippen LogP contribution in [-0.2, 0) is 34.3 Å². The van der Waals surface area contributed by atoms with E-state index in [-0.39, 0.29) is 24.1 Å². The molecule has 4 rings (SSSR count). The molecule has 0 radical (unpaired) electrons. The number of nitrogens with one attached hydrogen (secondary N) is 4. The molecule has 3 heterocycles. The van der Waals surface area contributed by atoms with E-state index in [9.17, 15) is 19.2 Å². The first-order valence-corrected chi connectivity index (χ1v) is 14.9. The highest BCUT2D eigenvalue weighted by Crippen LogP contribution is 2.23. The second kappa shape index (κ2) is 14.5. The number of thiazole rings is 1. The molecule has 0 unspecified atom stereocenters. The highest BCUT2D eigenvalue weighted by molar-refractivity contribution is 7.09. The SMILES string of the molecule is CC[C@H]1NC(=O)[C@@H](NC(=O)CCc2ccnn2C)CCCCNC(=O)c2csc(n2)[C@H](Cc2ccccc2)NC1=O. The Hall–Kier alpha value is -4.06. The van der Waals surface area contributed by atoms with Gasteiger partial charge < -0.3 is 21.3 Å². The van der Waals surface area contributed by atoms with Crippen LogP contribution in [0.1, 0.15) is 71.8 Å². The number of hydrogen-bond acceptors (Lipinski definition) is 7. The second-order valence-electron chi connectivity index (χ2n) is 10.1. The fraction of sp³-hybridized carbons (Fsp3) is 0.448. The number of aryl methyl sites for hydroxylation is 2. The van der Waals surface area contributed by atoms with Crippen LogP contribution in [0, 0.1) is 0 Å². The minimum absolute atomic E-state index is 0.202. The van der Waals surface area contributed by atoms with E-state index in [1.807, 2.05) is 50.4 Å². The van der Waals surface area contributed by atoms with Crippen LogP contribution < -0.4 is 21.3 Å². The van der Waals surface area contributed by atoms with E-state index in [0.717, 1.165) is 11.3 Å². The Kier molecular flexibility index (Phi) is 10.6. The molecule has 1 aliphatic rings. The van der Waals surface area contributed by atoms with Crippen molar-refractivity contribution in [2.45, 2.75) is 70.0 Å². The van der Waals surface area contributed by atoms with Crippen LogP contribution >= 0.6 is 11.3 Å². The normalized spacial score (nSPS) is 20.5. The van der Waals surface area contributed by atoms with Gasteiger partial charge in [0.05, 0.1) is 6.04 Å². The summed E-state index contributed by atoms with van der Waals surface area (Å²) in [4.78, 5) is 56.9. The first-order chi connectivity index (χ1) is 19.8. The monoisotopic (exact) mass is 579 g/mol. The third-order valence-electron chi connectivity index (χ3n) is 7.08. The summed E-state index contributed by atoms with van der Waals surface area (Å²) in [6.07, 6.45) is 4.78. The molecule has 0 aliphatic carbocycles. The predicted molar refractivity (Wildman–Crippen MR) is 155 cm³/mol. The predicted octanol–water partition coefficient (Wildman–Crippen LogP) is 2.20. The van der Waals surface area contributed by atoms with Crippen LogP contribution in [0.2, 0.25) is 0 Å². The van der Waals surface area contributed by atoms with Crippen LogP contribution in [-0.4, -0.2) is 57.0 Å². The van der Waals surface area contributed by atoms with Gasteiger partial charge in [-0.25, -0.2) is 4.98 Å². The van der Waals surface area contributed by atoms with Crippen molar-refractivity contribution >= 4 is 35.0 Å². The molecular formula is C29H37N7O4S. The fourth-order valence-corrected chi connectivity index (χ4v) is 5.54. The van der Waals surface area contributed by atoms with Crippen molar-refractivity contribution in [1.29, 1.82) is 0 Å². The molecule has 218 valence electrons. The van der Waals surface area contributed by atoms with Crippen molar-refractivity contribution < 1.29 is 19.2 Å². The van der Waals surface area contributed by atoms with Crippen LogP contribution in [0.3, 0.4) is 0 Å². The number of amides is 4. The summed E-state index contributed by atoms with van der Waals surface area (Å²) in [5.74, 6) is -1.30. The highest BCUT2D eigenvalue weighted by atomic mass is 32.1. The minimum Gasteiger partial charge on any atom is -0.351 e. The quantitative estimate of drug-likeness (QED) is 0.338. The summed E-state index contributed by atoms with van der Waals surface area (Å²) >= 11 is 1.32. The molecule has 3 atom stereocenters. The Morgan fingerprint density at radius 1 is 1.07 bits per heavy atom. The average molecular weight is 580 g/mol. The first-order valence-electron chi connectivity index (χ1n) is 14.0. The lowest BCUT2D eigenvalue weighted by molar-refractivity contribution is -0.132. The Morgan fingerprint density at radius 3 is 2.59 bits per heavy atom. The van der Waals surface area contributed by atoms with Crippen molar-refractivity contribution in [1.82, 2.24) is 36.0 Å². The van der Waals surface area contributed by atoms with Gasteiger partial charge in [-0.3, -0.25) is 23.9 Å². The summed E-state index contributed by atoms with van der Waals surface area (Å²) < 4.78 is 1.71. The van der Waals surface area contributed by atoms with E-state index in [1.165, 1.54) is 11.3 Å². The summed E-state index contributed by atoms with van der Waals surface area (Å²) in [6, 6.07) is 9.45. The molecule has 12 heteroatoms. The van der Waals surface area contributed by atoms with Crippen LogP contribution in [0.15, 0.2) is 48.0 Å². The summed E-state index contributed by atoms with van der Waals surface area (Å²) in [5.41, 5.74) is 2.22. The Labute approximate surface area is 243 Å². The molecule has 0 fully saturated rings. The molecule has 2 bridgehead atoms. The van der Waals surface area contributed by atoms with Gasteiger partial charge in [-0.2, -0.15) is 5.10 Å². The lowest BCUT2D eigenvalue weighted by Gasteiger charge is -2.25. The molecule has 3 aromatic rings. The molecule has 11 nitrogen and oxygen atoms in total. The molecule has 41 heavy (non-hydrogen) atoms. The standard InChI is InChI=1S/C29H37N7O4S/c1-3-21-27(39)34-23(17-19-9-5-4-6-10-19)29-35-24(18-41-29)26(38)30-15-8-7-11-22(28(40)33-21)32-25(37)13-12-20-14-16-31-36(20)2/h4-6,9-10,14,16,18,21-23H,3,7-8,11-13,15,17H2,1-2H3,(H,30,38)(H,32,37)(H,33,40)(H,34,39)/t21-,22+,23+/m1/s1.